The summed E-state index contributed by atoms with van der Waals surface area (Å²) in [5, 5.41) is 55.7. The number of furan rings is 1. The van der Waals surface area contributed by atoms with Crippen molar-refractivity contribution in [3.05, 3.63) is 293 Å². The molecule has 0 saturated carbocycles. The molecule has 1 atom stereocenters. The van der Waals surface area contributed by atoms with Crippen molar-refractivity contribution in [1.29, 1.82) is 5.26 Å². The van der Waals surface area contributed by atoms with Crippen molar-refractivity contribution in [3.63, 3.8) is 0 Å². The van der Waals surface area contributed by atoms with Gasteiger partial charge in [-0.3, -0.25) is 28.8 Å². The fourth-order valence-electron chi connectivity index (χ4n) is 17.2. The maximum atomic E-state index is 13.0. The Hall–Kier alpha value is -15.3. The number of nitrogens with zero attached hydrogens (tertiary/aromatic N) is 7. The van der Waals surface area contributed by atoms with Gasteiger partial charge in [-0.15, -0.1) is 10.2 Å². The second-order valence-corrected chi connectivity index (χ2v) is 36.8. The smallest absolute Gasteiger partial charge is 0.253 e. The van der Waals surface area contributed by atoms with Crippen LogP contribution < -0.4 is 72.4 Å². The van der Waals surface area contributed by atoms with Crippen LogP contribution in [0.2, 0.25) is 5.15 Å². The van der Waals surface area contributed by atoms with Gasteiger partial charge < -0.3 is 95.6 Å². The van der Waals surface area contributed by atoms with Crippen LogP contribution >= 0.6 is 35.6 Å². The number of Topliss-reactive ketones (excluding diaryl/α,β-unsaturated/α-hetero) is 2. The number of aromatic nitrogens is 5. The number of thioether (sulfide) groups is 1. The molecule has 0 radical (unpaired) electrons. The van der Waals surface area contributed by atoms with E-state index in [2.05, 4.69) is 38.1 Å². The van der Waals surface area contributed by atoms with Gasteiger partial charge in [-0.1, -0.05) is 115 Å². The lowest BCUT2D eigenvalue weighted by atomic mass is 9.81. The Balaban J connectivity index is 0.000000127. The molecule has 20 rings (SSSR count). The third-order valence-corrected chi connectivity index (χ3v) is 27.5. The van der Waals surface area contributed by atoms with Crippen LogP contribution in [0.25, 0.3) is 60.2 Å². The predicted molar refractivity (Wildman–Crippen MR) is 540 cm³/mol. The summed E-state index contributed by atoms with van der Waals surface area (Å²) in [5.74, 6) is 6.57. The number of para-hydroxylation sites is 1. The zero-order valence-corrected chi connectivity index (χ0v) is 80.7. The number of nitriles is 1. The molecule has 720 valence electrons. The third-order valence-electron chi connectivity index (χ3n) is 23.9. The van der Waals surface area contributed by atoms with Crippen LogP contribution in [-0.2, 0) is 40.9 Å². The Bertz CT molecular complexity index is 7630. The maximum absolute atomic E-state index is 13.0. The number of ether oxygens (including phenoxy) is 7. The molecule has 13 N–H and O–H groups in total. The molecule has 32 nitrogen and oxygen atoms in total. The van der Waals surface area contributed by atoms with Crippen molar-refractivity contribution in [2.45, 2.75) is 116 Å². The van der Waals surface area contributed by atoms with Gasteiger partial charge in [0.25, 0.3) is 5.56 Å². The summed E-state index contributed by atoms with van der Waals surface area (Å²) < 4.78 is 74.0. The van der Waals surface area contributed by atoms with Gasteiger partial charge in [-0.25, -0.2) is 13.4 Å². The number of benzene rings is 9. The summed E-state index contributed by atoms with van der Waals surface area (Å²) in [6.45, 7) is 20.8. The first-order chi connectivity index (χ1) is 67.3. The minimum absolute atomic E-state index is 0.0459. The number of piperidine rings is 1. The first kappa shape index (κ1) is 99.2. The van der Waals surface area contributed by atoms with Crippen LogP contribution in [0.15, 0.2) is 218 Å². The molecule has 6 aliphatic rings. The molecule has 10 aromatic carbocycles. The van der Waals surface area contributed by atoms with E-state index >= 15 is 0 Å². The number of hydrogen-bond acceptors (Lipinski definition) is 29. The highest BCUT2D eigenvalue weighted by atomic mass is 35.5. The first-order valence-electron chi connectivity index (χ1n) is 44.9. The number of aliphatic hydroxyl groups excluding tert-OH is 1. The molecule has 4 aromatic heterocycles. The van der Waals surface area contributed by atoms with Gasteiger partial charge in [0.2, 0.25) is 23.6 Å². The van der Waals surface area contributed by atoms with E-state index in [0.29, 0.717) is 203 Å². The number of rotatable bonds is 20. The topological polar surface area (TPSA) is 481 Å². The first-order valence-corrected chi connectivity index (χ1v) is 48.1. The molecular formula is C104H100ClN13O19S3. The van der Waals surface area contributed by atoms with Crippen LogP contribution in [0.3, 0.4) is 0 Å². The van der Waals surface area contributed by atoms with E-state index in [4.69, 9.17) is 84.3 Å². The van der Waals surface area contributed by atoms with Crippen molar-refractivity contribution in [3.8, 4) is 68.9 Å². The Labute approximate surface area is 819 Å². The lowest BCUT2D eigenvalue weighted by molar-refractivity contribution is -0.116. The van der Waals surface area contributed by atoms with Crippen molar-refractivity contribution in [2.75, 3.05) is 75.9 Å². The van der Waals surface area contributed by atoms with Crippen molar-refractivity contribution in [1.82, 2.24) is 39.3 Å². The number of aliphatic hydroxyl groups is 1. The highest BCUT2D eigenvalue weighted by Gasteiger charge is 2.37. The zero-order chi connectivity index (χ0) is 99.7. The number of nitrogen functional groups attached to an aromatic ring is 3. The average Bonchev–Trinajstić information content (AvgIpc) is 1.09. The van der Waals surface area contributed by atoms with Crippen LogP contribution in [0.1, 0.15) is 154 Å². The van der Waals surface area contributed by atoms with E-state index in [-0.39, 0.29) is 94.0 Å². The van der Waals surface area contributed by atoms with Gasteiger partial charge >= 0.3 is 0 Å². The number of nitrogens with one attached hydrogen (secondary N) is 2. The van der Waals surface area contributed by atoms with Crippen LogP contribution in [0.5, 0.6) is 51.7 Å². The molecule has 36 heteroatoms. The number of pyridine rings is 2. The van der Waals surface area contributed by atoms with Gasteiger partial charge in [-0.05, 0) is 174 Å². The Kier molecular flexibility index (Phi) is 30.6. The minimum atomic E-state index is -3.49. The number of sulfonamides is 1. The summed E-state index contributed by atoms with van der Waals surface area (Å²) in [6.07, 6.45) is 3.85. The summed E-state index contributed by atoms with van der Waals surface area (Å²) in [6, 6.07) is 52.9. The normalized spacial score (nSPS) is 13.9. The fraction of sp³-hybridized carbons (Fsp3) is 0.240. The Morgan fingerprint density at radius 3 is 2.08 bits per heavy atom. The number of carbonyl (C=O) groups excluding carboxylic acids is 4. The van der Waals surface area contributed by atoms with E-state index in [9.17, 15) is 57.8 Å². The summed E-state index contributed by atoms with van der Waals surface area (Å²) in [5.41, 5.74) is 32.3. The number of phenolic OH excluding ortho intramolecular Hbond substituents is 2. The van der Waals surface area contributed by atoms with E-state index in [1.54, 1.807) is 134 Å². The van der Waals surface area contributed by atoms with Gasteiger partial charge in [0, 0.05) is 142 Å². The molecule has 0 bridgehead atoms. The molecule has 1 unspecified atom stereocenters. The molecule has 2 aliphatic carbocycles. The molecular weight excluding hydrogens is 1870 g/mol. The van der Waals surface area contributed by atoms with Crippen molar-refractivity contribution in [2.24, 2.45) is 5.73 Å². The molecule has 0 spiro atoms. The van der Waals surface area contributed by atoms with Gasteiger partial charge in [-0.2, -0.15) is 9.57 Å². The number of H-pyrrole nitrogens is 1. The molecule has 14 aromatic rings. The predicted octanol–water partition coefficient (Wildman–Crippen LogP) is 16.6. The van der Waals surface area contributed by atoms with E-state index in [1.807, 2.05) is 92.1 Å². The maximum Gasteiger partial charge on any atom is 0.253 e. The average molecular weight is 1970 g/mol. The molecule has 8 heterocycles. The number of aromatic hydroxyl groups is 2. The standard InChI is InChI=1S/C21H14ClN3O3.C19H18O5.C17H17NO3S.C16H19N3O4S.C16H13N3O2.C15H19N3O2S/c1-10-15(8-23)20(13-3-2-12(24)6-17(13)28-10)14-4-11-5-18-19(27-9-26-18)7-16(11)25-21(14)22;1-4-23-17-9-13(12-5-6-14(20)15(21)7-12)8-16(22)18-10(2)24-11(3)19(17)18;19-15-11-12-7-8-16(14-6-4-5-13(15)17(12)14)22(20,21)18-9-2-1-3-10-18;1-2-17-16(24)19(3-4-20)8-11-5-10-6-13-14(23-9-22-13)7-12(10)18-15(11)21;1-7(17)10-6-11(18)12-13(14(10)19)16(21)9-5-3-2-4-8(9)15(12)20;1-3-18-14(11-20-13-7-5-4-6-8-13)16-17-15(18)21-10-9-12(2)19/h2-7,20H,9,24H2,1H3;5-9,20-21H,4H2,1-3H3;4-8H,1-3,9-11H2;5-7,20H,2-4,8-9H2,1H3,(H,17,24)(H,18,21);2-6H,1,17-19H2;4-8H,3,9-11H2,1-2H3. The van der Waals surface area contributed by atoms with Crippen LogP contribution in [0, 0.1) is 25.2 Å². The number of ketones is 4. The number of aromatic amines is 1. The SMILES string of the molecule is C=C(N)c1cc(N)c2c(c1N)C(=O)c1ccccc1C2=O.CC1=C(C#N)C(c2cc3cc4c(cc3nc2Cl)OCO4)c2ccc(N)cc2O1.CCNC(=S)N(CCO)Cc1cc2cc3c(cc2[nH]c1=O)OCO3.CCOc1cc(-c2ccc(O)c(O)c2)cc(=O)c2c(C)oc(C)c12.CCn1c(COc2ccccc2)nnc1SCCC(C)=O.O=C1Cc2ccc(S(=O)(=O)N3CCCCC3)c3cccc1c23. The monoisotopic (exact) mass is 1970 g/mol. The molecule has 1 fully saturated rings. The number of allylic oxidation sites excluding steroid dienone is 2. The van der Waals surface area contributed by atoms with E-state index in [1.165, 1.54) is 24.3 Å². The summed E-state index contributed by atoms with van der Waals surface area (Å²) in [7, 11) is -3.49. The fourth-order valence-corrected chi connectivity index (χ4v) is 20.5. The lowest BCUT2D eigenvalue weighted by Gasteiger charge is -2.27. The number of hydrogen-bond donors (Lipinski definition) is 9. The summed E-state index contributed by atoms with van der Waals surface area (Å²) in [4.78, 5) is 82.8. The van der Waals surface area contributed by atoms with Crippen LogP contribution in [-0.4, -0.2) is 145 Å². The lowest BCUT2D eigenvalue weighted by Crippen LogP contribution is -2.41. The summed E-state index contributed by atoms with van der Waals surface area (Å²) >= 11 is 13.4. The molecule has 1 saturated heterocycles. The number of halogens is 1. The largest absolute Gasteiger partial charge is 0.504 e. The molecule has 4 aliphatic heterocycles. The van der Waals surface area contributed by atoms with E-state index in [0.717, 1.165) is 81.1 Å². The quantitative estimate of drug-likeness (QED) is 0.0112. The zero-order valence-electron chi connectivity index (χ0n) is 77.5. The van der Waals surface area contributed by atoms with Crippen molar-refractivity contribution < 1.29 is 80.5 Å². The Morgan fingerprint density at radius 1 is 0.729 bits per heavy atom. The minimum Gasteiger partial charge on any atom is -0.504 e. The number of thiocarbonyl (C=S) groups is 1. The van der Waals surface area contributed by atoms with Crippen molar-refractivity contribution >= 4 is 140 Å². The molecule has 140 heavy (non-hydrogen) atoms. The van der Waals surface area contributed by atoms with Gasteiger partial charge in [0.05, 0.1) is 80.8 Å². The third kappa shape index (κ3) is 21.1. The second-order valence-electron chi connectivity index (χ2n) is 33.1. The van der Waals surface area contributed by atoms with E-state index < -0.39 is 15.9 Å². The molecule has 0 amide bonds. The number of anilines is 3. The van der Waals surface area contributed by atoms with Gasteiger partial charge in [0.1, 0.15) is 52.1 Å². The second kappa shape index (κ2) is 43.2. The highest BCUT2D eigenvalue weighted by Crippen LogP contribution is 2.48. The Morgan fingerprint density at radius 2 is 1.41 bits per heavy atom. The van der Waals surface area contributed by atoms with Crippen LogP contribution in [0.4, 0.5) is 17.1 Å². The number of aryl methyl sites for hydroxylation is 2. The number of nitrogens with two attached hydrogens (primary N) is 4. The highest BCUT2D eigenvalue weighted by molar-refractivity contribution is 7.99. The number of carbonyl (C=O) groups is 4. The number of fused-ring (bicyclic) bond motifs is 8. The number of phenols is 2. The van der Waals surface area contributed by atoms with Gasteiger partial charge in [0.15, 0.2) is 73.4 Å².